The smallest absolute Gasteiger partial charge is 0.119 e. The molecule has 1 heterocycles. The van der Waals surface area contributed by atoms with Crippen molar-refractivity contribution in [3.8, 4) is 0 Å². The molecule has 0 unspecified atom stereocenters. The predicted octanol–water partition coefficient (Wildman–Crippen LogP) is 3.78. The largest absolute Gasteiger partial charge is 0.362 e. The normalized spacial score (nSPS) is 14.8. The summed E-state index contributed by atoms with van der Waals surface area (Å²) in [4.78, 5) is 4.34. The zero-order valence-corrected chi connectivity index (χ0v) is 12.2. The van der Waals surface area contributed by atoms with Gasteiger partial charge in [-0.1, -0.05) is 51.9 Å². The zero-order valence-electron chi connectivity index (χ0n) is 12.2. The summed E-state index contributed by atoms with van der Waals surface area (Å²) in [6.45, 7) is 4.86. The molecule has 0 radical (unpaired) electrons. The fourth-order valence-corrected chi connectivity index (χ4v) is 2.19. The number of nitrogens with zero attached hydrogens (tertiary/aromatic N) is 2. The van der Waals surface area contributed by atoms with Crippen molar-refractivity contribution in [2.45, 2.75) is 58.3 Å². The van der Waals surface area contributed by atoms with E-state index < -0.39 is 0 Å². The molecular weight excluding hydrogens is 224 g/mol. The van der Waals surface area contributed by atoms with Gasteiger partial charge in [0.25, 0.3) is 0 Å². The van der Waals surface area contributed by atoms with E-state index >= 15 is 0 Å². The van der Waals surface area contributed by atoms with Crippen molar-refractivity contribution in [1.29, 1.82) is 0 Å². The second-order valence-electron chi connectivity index (χ2n) is 5.30. The number of hydrogen-bond acceptors (Lipinski definition) is 3. The highest BCUT2D eigenvalue weighted by Gasteiger charge is 2.06. The molecule has 3 heteroatoms. The molecule has 1 aliphatic rings. The fourth-order valence-electron chi connectivity index (χ4n) is 2.19. The Morgan fingerprint density at radius 3 is 2.22 bits per heavy atom. The molecule has 0 aromatic heterocycles. The Balaban J connectivity index is 1.75. The molecule has 0 saturated carbocycles. The summed E-state index contributed by atoms with van der Waals surface area (Å²) < 4.78 is 5.66. The summed E-state index contributed by atoms with van der Waals surface area (Å²) in [7, 11) is 2.08. The van der Waals surface area contributed by atoms with Gasteiger partial charge >= 0.3 is 0 Å². The van der Waals surface area contributed by atoms with Gasteiger partial charge in [0.15, 0.2) is 0 Å². The minimum atomic E-state index is 0.733. The Morgan fingerprint density at radius 1 is 0.944 bits per heavy atom. The van der Waals surface area contributed by atoms with E-state index in [1.165, 1.54) is 51.4 Å². The molecule has 18 heavy (non-hydrogen) atoms. The summed E-state index contributed by atoms with van der Waals surface area (Å²) in [5, 5.41) is 0. The molecule has 0 aliphatic carbocycles. The summed E-state index contributed by atoms with van der Waals surface area (Å²) in [5.74, 6) is 0. The molecule has 0 aromatic carbocycles. The van der Waals surface area contributed by atoms with Crippen LogP contribution in [0.5, 0.6) is 0 Å². The first-order chi connectivity index (χ1) is 8.83. The molecule has 1 aliphatic heterocycles. The van der Waals surface area contributed by atoms with Gasteiger partial charge in [0, 0.05) is 26.1 Å². The maximum absolute atomic E-state index is 5.66. The third-order valence-corrected chi connectivity index (χ3v) is 3.34. The van der Waals surface area contributed by atoms with E-state index in [2.05, 4.69) is 36.2 Å². The molecule has 0 atom stereocenters. The Bertz CT molecular complexity index is 219. The van der Waals surface area contributed by atoms with E-state index in [4.69, 9.17) is 4.74 Å². The average molecular weight is 254 g/mol. The summed E-state index contributed by atoms with van der Waals surface area (Å²) in [5.41, 5.74) is 0. The van der Waals surface area contributed by atoms with Crippen molar-refractivity contribution in [2.75, 3.05) is 27.1 Å². The molecule has 0 fully saturated rings. The lowest BCUT2D eigenvalue weighted by Crippen LogP contribution is -2.24. The summed E-state index contributed by atoms with van der Waals surface area (Å²) >= 11 is 0. The van der Waals surface area contributed by atoms with Gasteiger partial charge in [0.2, 0.25) is 0 Å². The molecule has 3 nitrogen and oxygen atoms in total. The third kappa shape index (κ3) is 7.59. The van der Waals surface area contributed by atoms with Crippen LogP contribution < -0.4 is 0 Å². The van der Waals surface area contributed by atoms with Crippen LogP contribution in [0.3, 0.4) is 0 Å². The predicted molar refractivity (Wildman–Crippen MR) is 77.0 cm³/mol. The van der Waals surface area contributed by atoms with Crippen LogP contribution >= 0.6 is 0 Å². The van der Waals surface area contributed by atoms with Crippen LogP contribution in [-0.4, -0.2) is 36.9 Å². The number of rotatable bonds is 11. The van der Waals surface area contributed by atoms with E-state index in [0.29, 0.717) is 0 Å². The second kappa shape index (κ2) is 10.2. The van der Waals surface area contributed by atoms with E-state index in [1.807, 2.05) is 0 Å². The molecule has 0 spiro atoms. The summed E-state index contributed by atoms with van der Waals surface area (Å²) in [6.07, 6.45) is 15.1. The number of unbranched alkanes of at least 4 members (excludes halogenated alkanes) is 7. The lowest BCUT2D eigenvalue weighted by atomic mass is 10.1. The quantitative estimate of drug-likeness (QED) is 0.522. The van der Waals surface area contributed by atoms with Gasteiger partial charge < -0.3 is 14.5 Å². The Labute approximate surface area is 113 Å². The topological polar surface area (TPSA) is 15.7 Å². The Kier molecular flexibility index (Phi) is 8.74. The van der Waals surface area contributed by atoms with Crippen molar-refractivity contribution in [1.82, 2.24) is 9.80 Å². The molecular formula is C15H30N2O. The zero-order chi connectivity index (χ0) is 13.1. The van der Waals surface area contributed by atoms with E-state index in [-0.39, 0.29) is 0 Å². The van der Waals surface area contributed by atoms with Crippen LogP contribution in [-0.2, 0) is 4.74 Å². The highest BCUT2D eigenvalue weighted by molar-refractivity contribution is 4.87. The van der Waals surface area contributed by atoms with Crippen molar-refractivity contribution in [3.63, 3.8) is 0 Å². The molecule has 0 bridgehead atoms. The lowest BCUT2D eigenvalue weighted by Gasteiger charge is -2.17. The first-order valence-corrected chi connectivity index (χ1v) is 7.53. The molecule has 0 saturated heterocycles. The van der Waals surface area contributed by atoms with Gasteiger partial charge in [-0.25, -0.2) is 0 Å². The van der Waals surface area contributed by atoms with E-state index in [1.54, 1.807) is 0 Å². The van der Waals surface area contributed by atoms with Crippen LogP contribution in [0.4, 0.5) is 0 Å². The molecule has 0 aromatic rings. The average Bonchev–Trinajstić information content (AvgIpc) is 2.77. The van der Waals surface area contributed by atoms with Crippen LogP contribution in [0, 0.1) is 0 Å². The highest BCUT2D eigenvalue weighted by Crippen LogP contribution is 2.08. The van der Waals surface area contributed by atoms with Gasteiger partial charge in [0.05, 0.1) is 6.67 Å². The van der Waals surface area contributed by atoms with Crippen LogP contribution in [0.15, 0.2) is 12.4 Å². The SMILES string of the molecule is CCCCCCCCCCOCN1C=CN(C)C1. The van der Waals surface area contributed by atoms with Gasteiger partial charge in [0.1, 0.15) is 6.73 Å². The Hall–Kier alpha value is -0.700. The number of hydrogen-bond donors (Lipinski definition) is 0. The van der Waals surface area contributed by atoms with Crippen molar-refractivity contribution in [3.05, 3.63) is 12.4 Å². The maximum Gasteiger partial charge on any atom is 0.119 e. The lowest BCUT2D eigenvalue weighted by molar-refractivity contribution is 0.0449. The van der Waals surface area contributed by atoms with Crippen LogP contribution in [0.25, 0.3) is 0 Å². The van der Waals surface area contributed by atoms with Crippen molar-refractivity contribution < 1.29 is 4.74 Å². The van der Waals surface area contributed by atoms with Crippen LogP contribution in [0.1, 0.15) is 58.3 Å². The minimum absolute atomic E-state index is 0.733. The van der Waals surface area contributed by atoms with Crippen LogP contribution in [0.2, 0.25) is 0 Å². The molecule has 106 valence electrons. The van der Waals surface area contributed by atoms with Gasteiger partial charge in [-0.15, -0.1) is 0 Å². The highest BCUT2D eigenvalue weighted by atomic mass is 16.5. The minimum Gasteiger partial charge on any atom is -0.362 e. The van der Waals surface area contributed by atoms with Crippen molar-refractivity contribution >= 4 is 0 Å². The van der Waals surface area contributed by atoms with E-state index in [9.17, 15) is 0 Å². The molecule has 1 rings (SSSR count). The first kappa shape index (κ1) is 15.4. The number of ether oxygens (including phenoxy) is 1. The fraction of sp³-hybridized carbons (Fsp3) is 0.867. The van der Waals surface area contributed by atoms with E-state index in [0.717, 1.165) is 20.0 Å². The first-order valence-electron chi connectivity index (χ1n) is 7.53. The van der Waals surface area contributed by atoms with Gasteiger partial charge in [-0.3, -0.25) is 0 Å². The van der Waals surface area contributed by atoms with Crippen molar-refractivity contribution in [2.24, 2.45) is 0 Å². The Morgan fingerprint density at radius 2 is 1.61 bits per heavy atom. The summed E-state index contributed by atoms with van der Waals surface area (Å²) in [6, 6.07) is 0. The second-order valence-corrected chi connectivity index (χ2v) is 5.30. The molecule has 0 amide bonds. The maximum atomic E-state index is 5.66. The third-order valence-electron chi connectivity index (χ3n) is 3.34. The molecule has 0 N–H and O–H groups in total. The monoisotopic (exact) mass is 254 g/mol. The standard InChI is InChI=1S/C15H30N2O/c1-3-4-5-6-7-8-9-10-13-18-15-17-12-11-16(2)14-17/h11-12H,3-10,13-15H2,1-2H3. The van der Waals surface area contributed by atoms with Gasteiger partial charge in [-0.2, -0.15) is 0 Å². The van der Waals surface area contributed by atoms with Gasteiger partial charge in [-0.05, 0) is 6.42 Å².